The van der Waals surface area contributed by atoms with Crippen LogP contribution in [0.4, 0.5) is 5.69 Å². The van der Waals surface area contributed by atoms with Crippen LogP contribution in [0.25, 0.3) is 11.3 Å². The smallest absolute Gasteiger partial charge is 0.281 e. The van der Waals surface area contributed by atoms with Crippen LogP contribution in [0.2, 0.25) is 10.0 Å². The maximum atomic E-state index is 12.8. The molecule has 3 rings (SSSR count). The second kappa shape index (κ2) is 8.90. The average molecular weight is 450 g/mol. The number of benzene rings is 2. The molecule has 0 aliphatic rings. The molecule has 1 heterocycles. The summed E-state index contributed by atoms with van der Waals surface area (Å²) in [5, 5.41) is 11.8. The predicted molar refractivity (Wildman–Crippen MR) is 116 cm³/mol. The lowest BCUT2D eigenvalue weighted by molar-refractivity contribution is -0.384. The summed E-state index contributed by atoms with van der Waals surface area (Å²) in [6.45, 7) is 4.60. The van der Waals surface area contributed by atoms with Crippen LogP contribution < -0.4 is 4.80 Å². The summed E-state index contributed by atoms with van der Waals surface area (Å²) in [6.07, 6.45) is 0.768. The Balaban J connectivity index is 2.15. The molecule has 3 aromatic rings. The monoisotopic (exact) mass is 449 g/mol. The Morgan fingerprint density at radius 2 is 1.86 bits per heavy atom. The zero-order valence-electron chi connectivity index (χ0n) is 15.7. The van der Waals surface area contributed by atoms with Gasteiger partial charge < -0.3 is 4.57 Å². The molecule has 150 valence electrons. The van der Waals surface area contributed by atoms with Crippen molar-refractivity contribution in [1.82, 2.24) is 4.57 Å². The number of thiazole rings is 1. The van der Waals surface area contributed by atoms with E-state index in [9.17, 15) is 14.9 Å². The fourth-order valence-corrected chi connectivity index (χ4v) is 4.41. The number of nitro groups is 1. The molecule has 0 saturated carbocycles. The first kappa shape index (κ1) is 21.2. The van der Waals surface area contributed by atoms with E-state index in [0.717, 1.165) is 28.6 Å². The molecular weight excluding hydrogens is 433 g/mol. The van der Waals surface area contributed by atoms with Crippen LogP contribution in [-0.4, -0.2) is 15.4 Å². The van der Waals surface area contributed by atoms with Crippen molar-refractivity contribution in [3.8, 4) is 11.3 Å². The Hall–Kier alpha value is -2.48. The fourth-order valence-electron chi connectivity index (χ4n) is 2.94. The second-order valence-corrected chi connectivity index (χ2v) is 8.01. The van der Waals surface area contributed by atoms with Gasteiger partial charge in [0.15, 0.2) is 4.80 Å². The first-order valence-corrected chi connectivity index (χ1v) is 10.4. The molecule has 0 spiro atoms. The number of aromatic nitrogens is 1. The molecule has 0 N–H and O–H groups in total. The van der Waals surface area contributed by atoms with Gasteiger partial charge in [0.25, 0.3) is 11.6 Å². The summed E-state index contributed by atoms with van der Waals surface area (Å²) in [4.78, 5) is 29.1. The molecule has 0 aliphatic heterocycles. The third kappa shape index (κ3) is 4.42. The van der Waals surface area contributed by atoms with E-state index < -0.39 is 10.8 Å². The van der Waals surface area contributed by atoms with Gasteiger partial charge in [-0.2, -0.15) is 4.99 Å². The molecule has 9 heteroatoms. The Morgan fingerprint density at radius 3 is 2.45 bits per heavy atom. The number of hydrogen-bond acceptors (Lipinski definition) is 4. The summed E-state index contributed by atoms with van der Waals surface area (Å²) in [7, 11) is 0. The third-order valence-corrected chi connectivity index (χ3v) is 6.13. The highest BCUT2D eigenvalue weighted by Crippen LogP contribution is 2.28. The fraction of sp³-hybridized carbons (Fsp3) is 0.200. The molecule has 1 aromatic heterocycles. The molecule has 0 fully saturated rings. The standard InChI is InChI=1S/C20H17Cl2N3O3S/c1-3-17-18(12-5-7-13(21)8-6-12)24(4-2)20(29-17)23-19(26)15-11-14(25(27)28)9-10-16(15)22/h5-11H,3-4H2,1-2H3. The molecule has 0 radical (unpaired) electrons. The van der Waals surface area contributed by atoms with Crippen LogP contribution >= 0.6 is 34.5 Å². The molecule has 6 nitrogen and oxygen atoms in total. The lowest BCUT2D eigenvalue weighted by atomic mass is 10.1. The number of carbonyl (C=O) groups is 1. The minimum atomic E-state index is -0.618. The van der Waals surface area contributed by atoms with Gasteiger partial charge in [-0.15, -0.1) is 11.3 Å². The van der Waals surface area contributed by atoms with E-state index in [1.54, 1.807) is 0 Å². The van der Waals surface area contributed by atoms with E-state index in [4.69, 9.17) is 23.2 Å². The number of halogens is 2. The van der Waals surface area contributed by atoms with Gasteiger partial charge in [-0.1, -0.05) is 42.3 Å². The van der Waals surface area contributed by atoms with Gasteiger partial charge in [-0.25, -0.2) is 0 Å². The van der Waals surface area contributed by atoms with Crippen LogP contribution in [0.15, 0.2) is 47.5 Å². The largest absolute Gasteiger partial charge is 0.316 e. The van der Waals surface area contributed by atoms with Crippen molar-refractivity contribution in [2.75, 3.05) is 0 Å². The minimum Gasteiger partial charge on any atom is -0.316 e. The van der Waals surface area contributed by atoms with Crippen LogP contribution in [0.5, 0.6) is 0 Å². The zero-order chi connectivity index (χ0) is 21.1. The number of nitrogens with zero attached hydrogens (tertiary/aromatic N) is 3. The lowest BCUT2D eigenvalue weighted by Crippen LogP contribution is -2.17. The zero-order valence-corrected chi connectivity index (χ0v) is 18.0. The van der Waals surface area contributed by atoms with Gasteiger partial charge >= 0.3 is 0 Å². The van der Waals surface area contributed by atoms with E-state index in [2.05, 4.69) is 4.99 Å². The topological polar surface area (TPSA) is 77.5 Å². The molecule has 29 heavy (non-hydrogen) atoms. The van der Waals surface area contributed by atoms with Crippen molar-refractivity contribution in [2.45, 2.75) is 26.8 Å². The van der Waals surface area contributed by atoms with E-state index in [1.165, 1.54) is 23.5 Å². The van der Waals surface area contributed by atoms with Gasteiger partial charge in [-0.3, -0.25) is 14.9 Å². The van der Waals surface area contributed by atoms with Crippen molar-refractivity contribution in [2.24, 2.45) is 4.99 Å². The number of hydrogen-bond donors (Lipinski definition) is 0. The lowest BCUT2D eigenvalue weighted by Gasteiger charge is -2.08. The Morgan fingerprint density at radius 1 is 1.17 bits per heavy atom. The Labute approximate surface area is 181 Å². The molecule has 1 amide bonds. The van der Waals surface area contributed by atoms with E-state index in [-0.39, 0.29) is 16.3 Å². The van der Waals surface area contributed by atoms with Crippen molar-refractivity contribution in [3.05, 3.63) is 77.9 Å². The van der Waals surface area contributed by atoms with Crippen molar-refractivity contribution < 1.29 is 9.72 Å². The number of aryl methyl sites for hydroxylation is 1. The van der Waals surface area contributed by atoms with E-state index in [1.807, 2.05) is 42.7 Å². The van der Waals surface area contributed by atoms with Gasteiger partial charge in [0.1, 0.15) is 0 Å². The second-order valence-electron chi connectivity index (χ2n) is 6.10. The van der Waals surface area contributed by atoms with Gasteiger partial charge in [0.05, 0.1) is 21.2 Å². The third-order valence-electron chi connectivity index (χ3n) is 4.32. The van der Waals surface area contributed by atoms with Gasteiger partial charge in [-0.05, 0) is 37.1 Å². The first-order valence-electron chi connectivity index (χ1n) is 8.87. The summed E-state index contributed by atoms with van der Waals surface area (Å²) < 4.78 is 1.95. The van der Waals surface area contributed by atoms with Crippen LogP contribution in [0, 0.1) is 10.1 Å². The summed E-state index contributed by atoms with van der Waals surface area (Å²) in [5.74, 6) is -0.618. The van der Waals surface area contributed by atoms with Crippen molar-refractivity contribution in [1.29, 1.82) is 0 Å². The van der Waals surface area contributed by atoms with E-state index >= 15 is 0 Å². The highest BCUT2D eigenvalue weighted by atomic mass is 35.5. The molecular formula is C20H17Cl2N3O3S. The highest BCUT2D eigenvalue weighted by molar-refractivity contribution is 7.09. The quantitative estimate of drug-likeness (QED) is 0.367. The number of amides is 1. The highest BCUT2D eigenvalue weighted by Gasteiger charge is 2.18. The van der Waals surface area contributed by atoms with Crippen molar-refractivity contribution in [3.63, 3.8) is 0 Å². The number of non-ortho nitro benzene ring substituents is 1. The minimum absolute atomic E-state index is 0.00279. The van der Waals surface area contributed by atoms with E-state index in [0.29, 0.717) is 16.4 Å². The van der Waals surface area contributed by atoms with Gasteiger partial charge in [0.2, 0.25) is 0 Å². The normalized spacial score (nSPS) is 11.7. The number of nitro benzene ring substituents is 1. The molecule has 0 aliphatic carbocycles. The molecule has 2 aromatic carbocycles. The number of carbonyl (C=O) groups excluding carboxylic acids is 1. The maximum Gasteiger partial charge on any atom is 0.281 e. The molecule has 0 bridgehead atoms. The average Bonchev–Trinajstić information content (AvgIpc) is 3.05. The Bertz CT molecular complexity index is 1150. The summed E-state index contributed by atoms with van der Waals surface area (Å²) >= 11 is 13.5. The molecule has 0 unspecified atom stereocenters. The Kier molecular flexibility index (Phi) is 6.52. The summed E-state index contributed by atoms with van der Waals surface area (Å²) in [5.41, 5.74) is 1.75. The molecule has 0 saturated heterocycles. The first-order chi connectivity index (χ1) is 13.8. The van der Waals surface area contributed by atoms with Crippen LogP contribution in [0.1, 0.15) is 29.1 Å². The SMILES string of the molecule is CCc1sc(=NC(=O)c2cc([N+](=O)[O-])ccc2Cl)n(CC)c1-c1ccc(Cl)cc1. The summed E-state index contributed by atoms with van der Waals surface area (Å²) in [6, 6.07) is 11.2. The van der Waals surface area contributed by atoms with Gasteiger partial charge in [0, 0.05) is 28.6 Å². The van der Waals surface area contributed by atoms with Crippen LogP contribution in [-0.2, 0) is 13.0 Å². The maximum absolute atomic E-state index is 12.8. The van der Waals surface area contributed by atoms with Crippen molar-refractivity contribution >= 4 is 46.1 Å². The van der Waals surface area contributed by atoms with Crippen LogP contribution in [0.3, 0.4) is 0 Å². The number of rotatable bonds is 5. The predicted octanol–water partition coefficient (Wildman–Crippen LogP) is 5.76. The molecule has 0 atom stereocenters.